The number of hydrogen-bond donors (Lipinski definition) is 1. The highest BCUT2D eigenvalue weighted by Gasteiger charge is 2.04. The quantitative estimate of drug-likeness (QED) is 0.539. The van der Waals surface area contributed by atoms with Crippen LogP contribution in [-0.2, 0) is 0 Å². The summed E-state index contributed by atoms with van der Waals surface area (Å²) < 4.78 is 12.5. The van der Waals surface area contributed by atoms with E-state index in [2.05, 4.69) is 0 Å². The lowest BCUT2D eigenvalue weighted by Gasteiger charge is -2.03. The van der Waals surface area contributed by atoms with Crippen molar-refractivity contribution < 1.29 is 4.39 Å². The molecule has 0 aliphatic carbocycles. The van der Waals surface area contributed by atoms with E-state index in [0.717, 1.165) is 0 Å². The Morgan fingerprint density at radius 1 is 1.45 bits per heavy atom. The molecule has 1 nitrogen and oxygen atoms in total. The first-order valence-electron chi connectivity index (χ1n) is 2.96. The van der Waals surface area contributed by atoms with Gasteiger partial charge >= 0.3 is 0 Å². The second kappa shape index (κ2) is 3.39. The minimum atomic E-state index is -0.631. The third-order valence-electron chi connectivity index (χ3n) is 1.26. The van der Waals surface area contributed by atoms with Crippen LogP contribution >= 0.6 is 23.2 Å². The molecule has 0 fully saturated rings. The smallest absolute Gasteiger partial charge is 0.141 e. The molecule has 0 bridgehead atoms. The van der Waals surface area contributed by atoms with Crippen molar-refractivity contribution in [3.8, 4) is 0 Å². The Labute approximate surface area is 73.9 Å². The average molecular weight is 194 g/mol. The molecule has 0 amide bonds. The van der Waals surface area contributed by atoms with Crippen LogP contribution in [0.1, 0.15) is 11.1 Å². The summed E-state index contributed by atoms with van der Waals surface area (Å²) in [6.07, 6.45) is 0. The maximum absolute atomic E-state index is 12.5. The average Bonchev–Trinajstić information content (AvgIpc) is 1.94. The third-order valence-corrected chi connectivity index (χ3v) is 1.80. The molecule has 0 saturated carbocycles. The van der Waals surface area contributed by atoms with Gasteiger partial charge < -0.3 is 5.73 Å². The van der Waals surface area contributed by atoms with E-state index in [1.54, 1.807) is 0 Å². The zero-order valence-electron chi connectivity index (χ0n) is 5.52. The van der Waals surface area contributed by atoms with Crippen molar-refractivity contribution in [2.45, 2.75) is 5.50 Å². The molecule has 0 aromatic heterocycles. The van der Waals surface area contributed by atoms with Crippen molar-refractivity contribution in [1.29, 1.82) is 0 Å². The van der Waals surface area contributed by atoms with Crippen molar-refractivity contribution in [1.82, 2.24) is 0 Å². The second-order valence-electron chi connectivity index (χ2n) is 2.08. The van der Waals surface area contributed by atoms with E-state index in [4.69, 9.17) is 28.9 Å². The zero-order valence-corrected chi connectivity index (χ0v) is 7.03. The molecule has 0 saturated heterocycles. The molecule has 4 heteroatoms. The topological polar surface area (TPSA) is 26.0 Å². The molecule has 0 radical (unpaired) electrons. The number of nitrogens with two attached hydrogens (primary N) is 1. The Kier molecular flexibility index (Phi) is 2.71. The third kappa shape index (κ3) is 2.06. The molecule has 1 rings (SSSR count). The van der Waals surface area contributed by atoms with Gasteiger partial charge in [0.25, 0.3) is 0 Å². The molecule has 60 valence electrons. The highest BCUT2D eigenvalue weighted by molar-refractivity contribution is 6.31. The lowest BCUT2D eigenvalue weighted by Crippen LogP contribution is -2.01. The van der Waals surface area contributed by atoms with Gasteiger partial charge in [0.05, 0.1) is 5.02 Å². The summed E-state index contributed by atoms with van der Waals surface area (Å²) in [6.45, 7) is 0. The number of rotatable bonds is 1. The predicted molar refractivity (Wildman–Crippen MR) is 44.2 cm³/mol. The van der Waals surface area contributed by atoms with Crippen molar-refractivity contribution in [2.75, 3.05) is 0 Å². The van der Waals surface area contributed by atoms with Gasteiger partial charge in [0, 0.05) is 0 Å². The fraction of sp³-hybridized carbons (Fsp3) is 0.143. The monoisotopic (exact) mass is 193 g/mol. The summed E-state index contributed by atoms with van der Waals surface area (Å²) >= 11 is 11.0. The van der Waals surface area contributed by atoms with Crippen molar-refractivity contribution in [3.05, 3.63) is 34.6 Å². The minimum Gasteiger partial charge on any atom is -0.312 e. The van der Waals surface area contributed by atoms with Gasteiger partial charge in [0.1, 0.15) is 11.3 Å². The van der Waals surface area contributed by atoms with Crippen LogP contribution in [0.25, 0.3) is 0 Å². The molecule has 1 aromatic carbocycles. The molecular weight excluding hydrogens is 188 g/mol. The molecule has 11 heavy (non-hydrogen) atoms. The summed E-state index contributed by atoms with van der Waals surface area (Å²) in [7, 11) is 0. The molecule has 0 aliphatic rings. The zero-order chi connectivity index (χ0) is 8.43. The number of alkyl halides is 1. The fourth-order valence-corrected chi connectivity index (χ4v) is 1.01. The van der Waals surface area contributed by atoms with Crippen LogP contribution in [0.5, 0.6) is 0 Å². The van der Waals surface area contributed by atoms with Crippen LogP contribution in [-0.4, -0.2) is 0 Å². The van der Waals surface area contributed by atoms with Crippen LogP contribution in [0.15, 0.2) is 18.2 Å². The normalized spacial score (nSPS) is 13.1. The van der Waals surface area contributed by atoms with E-state index < -0.39 is 11.3 Å². The Bertz CT molecular complexity index is 263. The first kappa shape index (κ1) is 8.78. The Hall–Kier alpha value is -0.310. The van der Waals surface area contributed by atoms with Crippen molar-refractivity contribution >= 4 is 23.2 Å². The van der Waals surface area contributed by atoms with Gasteiger partial charge in [-0.2, -0.15) is 0 Å². The summed E-state index contributed by atoms with van der Waals surface area (Å²) in [5, 5.41) is 0.0404. The second-order valence-corrected chi connectivity index (χ2v) is 2.95. The van der Waals surface area contributed by atoms with Crippen LogP contribution in [0.4, 0.5) is 4.39 Å². The molecule has 0 spiro atoms. The summed E-state index contributed by atoms with van der Waals surface area (Å²) in [6, 6.07) is 4.15. The number of hydrogen-bond acceptors (Lipinski definition) is 1. The Morgan fingerprint density at radius 3 is 2.55 bits per heavy atom. The van der Waals surface area contributed by atoms with Crippen LogP contribution < -0.4 is 5.73 Å². The van der Waals surface area contributed by atoms with Gasteiger partial charge in [0.15, 0.2) is 0 Å². The maximum atomic E-state index is 12.5. The minimum absolute atomic E-state index is 0.0404. The molecule has 2 N–H and O–H groups in total. The molecule has 1 unspecified atom stereocenters. The van der Waals surface area contributed by atoms with E-state index in [9.17, 15) is 4.39 Å². The van der Waals surface area contributed by atoms with Crippen LogP contribution in [0.3, 0.4) is 0 Å². The predicted octanol–water partition coefficient (Wildman–Crippen LogP) is 2.68. The molecular formula is C7H6Cl2FN. The van der Waals surface area contributed by atoms with Gasteiger partial charge in [-0.25, -0.2) is 4.39 Å². The lowest BCUT2D eigenvalue weighted by atomic mass is 10.2. The van der Waals surface area contributed by atoms with Crippen molar-refractivity contribution in [3.63, 3.8) is 0 Å². The van der Waals surface area contributed by atoms with Gasteiger partial charge in [-0.15, -0.1) is 11.6 Å². The molecule has 0 heterocycles. The highest BCUT2D eigenvalue weighted by atomic mass is 35.5. The van der Waals surface area contributed by atoms with E-state index >= 15 is 0 Å². The molecule has 1 aromatic rings. The number of benzene rings is 1. The summed E-state index contributed by atoms with van der Waals surface area (Å²) in [5.41, 5.74) is 5.29. The first-order valence-corrected chi connectivity index (χ1v) is 3.77. The standard InChI is InChI=1S/C7H6Cl2FN/c8-5-3-4(7(9)11)1-2-6(5)10/h1-3,7H,11H2. The van der Waals surface area contributed by atoms with E-state index in [0.29, 0.717) is 5.56 Å². The van der Waals surface area contributed by atoms with Gasteiger partial charge in [-0.05, 0) is 17.7 Å². The lowest BCUT2D eigenvalue weighted by molar-refractivity contribution is 0.627. The largest absolute Gasteiger partial charge is 0.312 e. The van der Waals surface area contributed by atoms with Crippen LogP contribution in [0.2, 0.25) is 5.02 Å². The highest BCUT2D eigenvalue weighted by Crippen LogP contribution is 2.21. The van der Waals surface area contributed by atoms with Gasteiger partial charge in [0.2, 0.25) is 0 Å². The summed E-state index contributed by atoms with van der Waals surface area (Å²) in [5.74, 6) is -0.465. The van der Waals surface area contributed by atoms with Crippen molar-refractivity contribution in [2.24, 2.45) is 5.73 Å². The first-order chi connectivity index (χ1) is 5.11. The Morgan fingerprint density at radius 2 is 2.09 bits per heavy atom. The summed E-state index contributed by atoms with van der Waals surface area (Å²) in [4.78, 5) is 0. The SMILES string of the molecule is NC(Cl)c1ccc(F)c(Cl)c1. The molecule has 1 atom stereocenters. The van der Waals surface area contributed by atoms with Gasteiger partial charge in [-0.1, -0.05) is 17.7 Å². The number of halogens is 3. The maximum Gasteiger partial charge on any atom is 0.141 e. The Balaban J connectivity index is 3.05. The van der Waals surface area contributed by atoms with E-state index in [1.165, 1.54) is 18.2 Å². The van der Waals surface area contributed by atoms with E-state index in [1.807, 2.05) is 0 Å². The van der Waals surface area contributed by atoms with Gasteiger partial charge in [-0.3, -0.25) is 0 Å². The molecule has 0 aliphatic heterocycles. The van der Waals surface area contributed by atoms with E-state index in [-0.39, 0.29) is 5.02 Å². The fourth-order valence-electron chi connectivity index (χ4n) is 0.684. The van der Waals surface area contributed by atoms with Crippen LogP contribution in [0, 0.1) is 5.82 Å².